The summed E-state index contributed by atoms with van der Waals surface area (Å²) < 4.78 is 39.0. The van der Waals surface area contributed by atoms with E-state index in [9.17, 15) is 8.78 Å². The summed E-state index contributed by atoms with van der Waals surface area (Å²) in [5, 5.41) is 3.33. The second kappa shape index (κ2) is 9.77. The number of hydrogen-bond donors (Lipinski definition) is 1. The van der Waals surface area contributed by atoms with E-state index in [0.717, 1.165) is 13.0 Å². The predicted octanol–water partition coefficient (Wildman–Crippen LogP) is 3.29. The molecule has 1 aliphatic rings. The summed E-state index contributed by atoms with van der Waals surface area (Å²) in [7, 11) is 0. The van der Waals surface area contributed by atoms with Gasteiger partial charge in [0, 0.05) is 30.2 Å². The van der Waals surface area contributed by atoms with Crippen molar-refractivity contribution < 1.29 is 17.5 Å². The van der Waals surface area contributed by atoms with E-state index in [4.69, 9.17) is 8.76 Å². The van der Waals surface area contributed by atoms with Crippen molar-refractivity contribution >= 4 is 16.8 Å². The van der Waals surface area contributed by atoms with Crippen LogP contribution in [-0.2, 0) is 17.5 Å². The number of rotatable bonds is 2. The van der Waals surface area contributed by atoms with Gasteiger partial charge in [-0.1, -0.05) is 27.7 Å². The lowest BCUT2D eigenvalue weighted by Gasteiger charge is -2.06. The minimum atomic E-state index is -3.23. The molecule has 1 aromatic heterocycles. The smallest absolute Gasteiger partial charge is 0.299 e. The number of alkyl halides is 2. The van der Waals surface area contributed by atoms with Crippen molar-refractivity contribution in [1.82, 2.24) is 4.98 Å². The first-order chi connectivity index (χ1) is 9.41. The molecular formula is C13H21F2N2O2S-. The van der Waals surface area contributed by atoms with Gasteiger partial charge >= 0.3 is 0 Å². The molecule has 1 unspecified atom stereocenters. The maximum absolute atomic E-state index is 10.5. The Bertz CT molecular complexity index is 429. The molecule has 116 valence electrons. The van der Waals surface area contributed by atoms with Crippen molar-refractivity contribution in [2.45, 2.75) is 45.8 Å². The molecule has 1 aliphatic heterocycles. The molecule has 20 heavy (non-hydrogen) atoms. The van der Waals surface area contributed by atoms with Gasteiger partial charge < -0.3 is 9.87 Å². The van der Waals surface area contributed by atoms with Crippen LogP contribution in [0, 0.1) is 0 Å². The zero-order chi connectivity index (χ0) is 15.7. The monoisotopic (exact) mass is 307 g/mol. The lowest BCUT2D eigenvalue weighted by Crippen LogP contribution is -1.98. The first-order valence-corrected chi connectivity index (χ1v) is 7.64. The third-order valence-corrected chi connectivity index (χ3v) is 2.77. The minimum Gasteiger partial charge on any atom is -0.768 e. The fourth-order valence-electron chi connectivity index (χ4n) is 1.49. The largest absolute Gasteiger partial charge is 0.768 e. The normalized spacial score (nSPS) is 13.7. The highest BCUT2D eigenvalue weighted by Crippen LogP contribution is 2.24. The van der Waals surface area contributed by atoms with E-state index in [1.165, 1.54) is 16.9 Å². The van der Waals surface area contributed by atoms with Crippen molar-refractivity contribution in [3.8, 4) is 0 Å². The quantitative estimate of drug-likeness (QED) is 0.852. The molecule has 0 amide bonds. The van der Waals surface area contributed by atoms with Crippen LogP contribution >= 0.6 is 0 Å². The van der Waals surface area contributed by atoms with Crippen molar-refractivity contribution in [3.05, 3.63) is 23.5 Å². The molecule has 0 spiro atoms. The molecule has 4 nitrogen and oxygen atoms in total. The number of pyridine rings is 1. The molecule has 0 aliphatic carbocycles. The lowest BCUT2D eigenvalue weighted by atomic mass is 10.1. The molecular weight excluding hydrogens is 286 g/mol. The van der Waals surface area contributed by atoms with Gasteiger partial charge in [0.05, 0.1) is 11.4 Å². The molecule has 0 saturated carbocycles. The van der Waals surface area contributed by atoms with Crippen molar-refractivity contribution in [2.75, 3.05) is 11.9 Å². The van der Waals surface area contributed by atoms with Crippen LogP contribution in [0.5, 0.6) is 0 Å². The molecule has 0 bridgehead atoms. The van der Waals surface area contributed by atoms with Crippen LogP contribution in [0.2, 0.25) is 0 Å². The van der Waals surface area contributed by atoms with Crippen LogP contribution in [0.25, 0.3) is 0 Å². The topological polar surface area (TPSA) is 65.0 Å². The van der Waals surface area contributed by atoms with Gasteiger partial charge in [-0.15, -0.1) is 0 Å². The van der Waals surface area contributed by atoms with E-state index in [1.54, 1.807) is 0 Å². The zero-order valence-electron chi connectivity index (χ0n) is 12.2. The highest BCUT2D eigenvalue weighted by atomic mass is 32.2. The predicted molar refractivity (Wildman–Crippen MR) is 76.8 cm³/mol. The van der Waals surface area contributed by atoms with Crippen LogP contribution in [0.1, 0.15) is 44.9 Å². The zero-order valence-corrected chi connectivity index (χ0v) is 13.0. The van der Waals surface area contributed by atoms with E-state index in [2.05, 4.69) is 30.2 Å². The molecule has 0 fully saturated rings. The fourth-order valence-corrected chi connectivity index (χ4v) is 1.49. The van der Waals surface area contributed by atoms with Gasteiger partial charge in [0.1, 0.15) is 0 Å². The summed E-state index contributed by atoms with van der Waals surface area (Å²) in [6.45, 7) is 9.43. The number of fused-ring (bicyclic) bond motifs is 1. The second-order valence-corrected chi connectivity index (χ2v) is 4.99. The third kappa shape index (κ3) is 6.38. The van der Waals surface area contributed by atoms with E-state index in [-0.39, 0.29) is 0 Å². The minimum absolute atomic E-state index is 0.574. The lowest BCUT2D eigenvalue weighted by molar-refractivity contribution is 0.229. The summed E-state index contributed by atoms with van der Waals surface area (Å²) in [6, 6.07) is 2.22. The highest BCUT2D eigenvalue weighted by Gasteiger charge is 2.12. The van der Waals surface area contributed by atoms with Crippen LogP contribution in [-0.4, -0.2) is 26.0 Å². The van der Waals surface area contributed by atoms with Crippen LogP contribution < -0.4 is 5.32 Å². The number of halogens is 2. The summed E-state index contributed by atoms with van der Waals surface area (Å²) in [6.07, 6.45) is 3.07. The maximum Gasteiger partial charge on any atom is 0.299 e. The number of aromatic nitrogens is 1. The third-order valence-electron chi connectivity index (χ3n) is 2.48. The van der Waals surface area contributed by atoms with E-state index in [1.807, 2.05) is 20.0 Å². The summed E-state index contributed by atoms with van der Waals surface area (Å²) in [4.78, 5) is 4.42. The molecule has 0 radical (unpaired) electrons. The van der Waals surface area contributed by atoms with Gasteiger partial charge in [-0.25, -0.2) is 0 Å². The average Bonchev–Trinajstić information content (AvgIpc) is 2.88. The standard InChI is InChI=1S/C10H14N2.C2H6.CH2F2O2S/c1-7(2)8-5-10-9(12-6-8)3-4-11-10;1-2;2-1(3)6(4)5/h5-7,11H,3-4H2,1-2H3;1-2H3;1H,(H,4,5)/p-1. The second-order valence-electron chi connectivity index (χ2n) is 4.12. The van der Waals surface area contributed by atoms with Crippen LogP contribution in [0.15, 0.2) is 12.3 Å². The van der Waals surface area contributed by atoms with Gasteiger partial charge in [-0.05, 0) is 17.5 Å². The highest BCUT2D eigenvalue weighted by molar-refractivity contribution is 7.79. The average molecular weight is 307 g/mol. The number of nitrogens with one attached hydrogen (secondary N) is 1. The van der Waals surface area contributed by atoms with Gasteiger partial charge in [-0.3, -0.25) is 9.19 Å². The molecule has 2 rings (SSSR count). The first kappa shape index (κ1) is 18.9. The van der Waals surface area contributed by atoms with E-state index < -0.39 is 16.8 Å². The van der Waals surface area contributed by atoms with Gasteiger partial charge in [-0.2, -0.15) is 8.78 Å². The van der Waals surface area contributed by atoms with Crippen LogP contribution in [0.3, 0.4) is 0 Å². The summed E-state index contributed by atoms with van der Waals surface area (Å²) >= 11 is -3.20. The van der Waals surface area contributed by atoms with E-state index in [0.29, 0.717) is 5.92 Å². The molecule has 2 heterocycles. The van der Waals surface area contributed by atoms with Gasteiger partial charge in [0.2, 0.25) is 0 Å². The molecule has 0 aromatic carbocycles. The van der Waals surface area contributed by atoms with Crippen molar-refractivity contribution in [2.24, 2.45) is 0 Å². The molecule has 7 heteroatoms. The van der Waals surface area contributed by atoms with E-state index >= 15 is 0 Å². The number of hydrogen-bond acceptors (Lipinski definition) is 4. The molecule has 0 saturated heterocycles. The Morgan fingerprint density at radius 3 is 2.40 bits per heavy atom. The van der Waals surface area contributed by atoms with Gasteiger partial charge in [0.15, 0.2) is 0 Å². The number of anilines is 1. The van der Waals surface area contributed by atoms with Crippen molar-refractivity contribution in [1.29, 1.82) is 0 Å². The maximum atomic E-state index is 10.5. The Hall–Kier alpha value is -1.08. The summed E-state index contributed by atoms with van der Waals surface area (Å²) in [5.74, 6) is -2.66. The molecule has 1 N–H and O–H groups in total. The van der Waals surface area contributed by atoms with Crippen LogP contribution in [0.4, 0.5) is 14.5 Å². The fraction of sp³-hybridized carbons (Fsp3) is 0.615. The van der Waals surface area contributed by atoms with Crippen molar-refractivity contribution in [3.63, 3.8) is 0 Å². The molecule has 1 atom stereocenters. The Morgan fingerprint density at radius 1 is 1.40 bits per heavy atom. The Balaban J connectivity index is 0.000000387. The Kier molecular flexibility index (Phi) is 9.24. The first-order valence-electron chi connectivity index (χ1n) is 6.50. The summed E-state index contributed by atoms with van der Waals surface area (Å²) in [5.41, 5.74) is 3.78. The number of nitrogens with zero attached hydrogens (tertiary/aromatic N) is 1. The Morgan fingerprint density at radius 2 is 1.95 bits per heavy atom. The van der Waals surface area contributed by atoms with Gasteiger partial charge in [0.25, 0.3) is 5.76 Å². The molecule has 1 aromatic rings. The SMILES string of the molecule is CC.CC(C)c1cnc2c(c1)NCC2.O=S([O-])C(F)F. The Labute approximate surface area is 121 Å².